The highest BCUT2D eigenvalue weighted by atomic mass is 35.5. The first-order chi connectivity index (χ1) is 11.0. The maximum Gasteiger partial charge on any atom is 0.341 e. The van der Waals surface area contributed by atoms with Crippen molar-refractivity contribution >= 4 is 35.0 Å². The van der Waals surface area contributed by atoms with Gasteiger partial charge in [-0.2, -0.15) is 0 Å². The lowest BCUT2D eigenvalue weighted by Crippen LogP contribution is -2.10. The molecule has 23 heavy (non-hydrogen) atoms. The van der Waals surface area contributed by atoms with E-state index in [1.165, 1.54) is 12.1 Å². The zero-order valence-corrected chi connectivity index (χ0v) is 13.6. The molecular weight excluding hydrogens is 339 g/mol. The molecule has 120 valence electrons. The third-order valence-corrected chi connectivity index (χ3v) is 4.05. The van der Waals surface area contributed by atoms with Crippen LogP contribution in [0, 0.1) is 0 Å². The number of hydrogen-bond donors (Lipinski definition) is 1. The fourth-order valence-electron chi connectivity index (χ4n) is 2.04. The lowest BCUT2D eigenvalue weighted by Gasteiger charge is -2.10. The van der Waals surface area contributed by atoms with Gasteiger partial charge in [0.15, 0.2) is 12.4 Å². The van der Waals surface area contributed by atoms with E-state index in [9.17, 15) is 9.59 Å². The van der Waals surface area contributed by atoms with Gasteiger partial charge in [-0.3, -0.25) is 4.79 Å². The second-order valence-electron chi connectivity index (χ2n) is 4.83. The minimum absolute atomic E-state index is 0.0403. The first kappa shape index (κ1) is 17.3. The van der Waals surface area contributed by atoms with Gasteiger partial charge in [0.2, 0.25) is 0 Å². The van der Waals surface area contributed by atoms with Gasteiger partial charge in [0.05, 0.1) is 5.02 Å². The molecule has 0 saturated heterocycles. The summed E-state index contributed by atoms with van der Waals surface area (Å²) in [6.45, 7) is -0.530. The number of rotatable bonds is 7. The van der Waals surface area contributed by atoms with Gasteiger partial charge < -0.3 is 9.84 Å². The zero-order chi connectivity index (χ0) is 16.8. The number of ketones is 1. The van der Waals surface area contributed by atoms with Crippen LogP contribution in [-0.2, 0) is 11.2 Å². The van der Waals surface area contributed by atoms with Crippen LogP contribution in [0.1, 0.15) is 22.3 Å². The molecule has 6 heteroatoms. The van der Waals surface area contributed by atoms with Gasteiger partial charge in [0.25, 0.3) is 0 Å². The molecular formula is C17H14Cl2O4. The Morgan fingerprint density at radius 3 is 2.35 bits per heavy atom. The van der Waals surface area contributed by atoms with Crippen LogP contribution in [0.5, 0.6) is 5.75 Å². The van der Waals surface area contributed by atoms with Crippen molar-refractivity contribution in [2.75, 3.05) is 6.61 Å². The maximum absolute atomic E-state index is 12.3. The molecule has 2 aromatic rings. The second kappa shape index (κ2) is 7.99. The number of benzene rings is 2. The molecule has 0 bridgehead atoms. The smallest absolute Gasteiger partial charge is 0.341 e. The van der Waals surface area contributed by atoms with Crippen molar-refractivity contribution in [2.24, 2.45) is 0 Å². The highest BCUT2D eigenvalue weighted by Gasteiger charge is 2.17. The molecule has 0 radical (unpaired) electrons. The van der Waals surface area contributed by atoms with Gasteiger partial charge in [0, 0.05) is 12.0 Å². The van der Waals surface area contributed by atoms with E-state index in [1.807, 2.05) is 30.3 Å². The van der Waals surface area contributed by atoms with Crippen molar-refractivity contribution < 1.29 is 19.4 Å². The number of aliphatic carboxylic acids is 1. The van der Waals surface area contributed by atoms with E-state index in [0.29, 0.717) is 18.4 Å². The molecule has 0 fully saturated rings. The average Bonchev–Trinajstić information content (AvgIpc) is 2.55. The van der Waals surface area contributed by atoms with Crippen LogP contribution in [-0.4, -0.2) is 23.5 Å². The van der Waals surface area contributed by atoms with Crippen molar-refractivity contribution in [3.05, 3.63) is 63.6 Å². The quantitative estimate of drug-likeness (QED) is 0.755. The fraction of sp³-hybridized carbons (Fsp3) is 0.176. The Kier molecular flexibility index (Phi) is 6.02. The summed E-state index contributed by atoms with van der Waals surface area (Å²) in [5, 5.41) is 8.72. The zero-order valence-electron chi connectivity index (χ0n) is 12.1. The summed E-state index contributed by atoms with van der Waals surface area (Å²) < 4.78 is 5.02. The van der Waals surface area contributed by atoms with E-state index in [-0.39, 0.29) is 21.6 Å². The monoisotopic (exact) mass is 352 g/mol. The number of carbonyl (C=O) groups excluding carboxylic acids is 1. The normalized spacial score (nSPS) is 10.3. The van der Waals surface area contributed by atoms with Crippen molar-refractivity contribution in [2.45, 2.75) is 12.8 Å². The topological polar surface area (TPSA) is 63.6 Å². The number of ether oxygens (including phenoxy) is 1. The minimum atomic E-state index is -1.12. The van der Waals surface area contributed by atoms with Crippen LogP contribution in [0.25, 0.3) is 0 Å². The molecule has 0 aliphatic heterocycles. The number of carboxylic acids is 1. The largest absolute Gasteiger partial charge is 0.480 e. The Morgan fingerprint density at radius 1 is 1.00 bits per heavy atom. The maximum atomic E-state index is 12.3. The van der Waals surface area contributed by atoms with E-state index in [4.69, 9.17) is 33.0 Å². The summed E-state index contributed by atoms with van der Waals surface area (Å²) in [4.78, 5) is 22.8. The van der Waals surface area contributed by atoms with Crippen LogP contribution in [0.3, 0.4) is 0 Å². The number of hydrogen-bond acceptors (Lipinski definition) is 3. The fourth-order valence-corrected chi connectivity index (χ4v) is 2.52. The number of carbonyl (C=O) groups is 2. The molecule has 4 nitrogen and oxygen atoms in total. The third kappa shape index (κ3) is 4.71. The molecule has 0 spiro atoms. The van der Waals surface area contributed by atoms with Gasteiger partial charge in [-0.05, 0) is 24.1 Å². The SMILES string of the molecule is O=C(O)COc1ccc(C(=O)CCc2ccccc2)c(Cl)c1Cl. The second-order valence-corrected chi connectivity index (χ2v) is 5.59. The summed E-state index contributed by atoms with van der Waals surface area (Å²) in [7, 11) is 0. The Labute approximate surface area is 143 Å². The number of aryl methyl sites for hydroxylation is 1. The third-order valence-electron chi connectivity index (χ3n) is 3.18. The predicted molar refractivity (Wildman–Crippen MR) is 88.7 cm³/mol. The number of halogens is 2. The minimum Gasteiger partial charge on any atom is -0.480 e. The van der Waals surface area contributed by atoms with Gasteiger partial charge >= 0.3 is 5.97 Å². The highest BCUT2D eigenvalue weighted by Crippen LogP contribution is 2.35. The molecule has 0 atom stereocenters. The molecule has 0 aromatic heterocycles. The van der Waals surface area contributed by atoms with Gasteiger partial charge in [-0.25, -0.2) is 4.79 Å². The van der Waals surface area contributed by atoms with Crippen LogP contribution >= 0.6 is 23.2 Å². The molecule has 0 aliphatic rings. The van der Waals surface area contributed by atoms with Crippen LogP contribution in [0.15, 0.2) is 42.5 Å². The van der Waals surface area contributed by atoms with Gasteiger partial charge in [-0.1, -0.05) is 53.5 Å². The number of Topliss-reactive ketones (excluding diaryl/α,β-unsaturated/α-hetero) is 1. The lowest BCUT2D eigenvalue weighted by molar-refractivity contribution is -0.139. The Balaban J connectivity index is 2.08. The first-order valence-electron chi connectivity index (χ1n) is 6.88. The summed E-state index contributed by atoms with van der Waals surface area (Å²) in [5.74, 6) is -1.12. The van der Waals surface area contributed by atoms with E-state index in [2.05, 4.69) is 0 Å². The van der Waals surface area contributed by atoms with Crippen molar-refractivity contribution in [1.82, 2.24) is 0 Å². The summed E-state index contributed by atoms with van der Waals surface area (Å²) >= 11 is 12.2. The summed E-state index contributed by atoms with van der Waals surface area (Å²) in [6.07, 6.45) is 0.903. The molecule has 2 rings (SSSR count). The number of carboxylic acid groups (broad SMARTS) is 1. The molecule has 0 saturated carbocycles. The summed E-state index contributed by atoms with van der Waals surface area (Å²) in [5.41, 5.74) is 1.36. The molecule has 1 N–H and O–H groups in total. The van der Waals surface area contributed by atoms with Gasteiger partial charge in [-0.15, -0.1) is 0 Å². The molecule has 0 heterocycles. The molecule has 0 unspecified atom stereocenters. The van der Waals surface area contributed by atoms with Crippen LogP contribution in [0.4, 0.5) is 0 Å². The average molecular weight is 353 g/mol. The van der Waals surface area contributed by atoms with E-state index < -0.39 is 12.6 Å². The Hall–Kier alpha value is -2.04. The molecule has 0 amide bonds. The Bertz CT molecular complexity index is 714. The van der Waals surface area contributed by atoms with Crippen molar-refractivity contribution in [1.29, 1.82) is 0 Å². The molecule has 0 aliphatic carbocycles. The highest BCUT2D eigenvalue weighted by molar-refractivity contribution is 6.44. The van der Waals surface area contributed by atoms with E-state index in [1.54, 1.807) is 0 Å². The predicted octanol–water partition coefficient (Wildman–Crippen LogP) is 4.27. The van der Waals surface area contributed by atoms with Crippen molar-refractivity contribution in [3.63, 3.8) is 0 Å². The van der Waals surface area contributed by atoms with Crippen molar-refractivity contribution in [3.8, 4) is 5.75 Å². The van der Waals surface area contributed by atoms with Crippen LogP contribution in [0.2, 0.25) is 10.0 Å². The first-order valence-corrected chi connectivity index (χ1v) is 7.64. The Morgan fingerprint density at radius 2 is 1.70 bits per heavy atom. The van der Waals surface area contributed by atoms with E-state index in [0.717, 1.165) is 5.56 Å². The van der Waals surface area contributed by atoms with Gasteiger partial charge in [0.1, 0.15) is 10.8 Å². The molecule has 2 aromatic carbocycles. The van der Waals surface area contributed by atoms with E-state index >= 15 is 0 Å². The standard InChI is InChI=1S/C17H14Cl2O4/c18-16-12(7-9-14(17(16)19)23-10-15(21)22)13(20)8-6-11-4-2-1-3-5-11/h1-5,7,9H,6,8,10H2,(H,21,22). The lowest BCUT2D eigenvalue weighted by atomic mass is 10.0. The summed E-state index contributed by atoms with van der Waals surface area (Å²) in [6, 6.07) is 12.6. The van der Waals surface area contributed by atoms with Crippen LogP contribution < -0.4 is 4.74 Å².